The van der Waals surface area contributed by atoms with Gasteiger partial charge in [-0.2, -0.15) is 0 Å². The molecule has 0 aliphatic heterocycles. The molecule has 0 radical (unpaired) electrons. The zero-order valence-corrected chi connectivity index (χ0v) is 15.1. The molecule has 2 nitrogen and oxygen atoms in total. The second-order valence-corrected chi connectivity index (χ2v) is 14.5. The Kier molecular flexibility index (Phi) is 6.27. The molecule has 1 atom stereocenters. The molecule has 88 valence electrons. The minimum Gasteiger partial charge on any atom is -0.454 e. The van der Waals surface area contributed by atoms with Crippen LogP contribution in [0.4, 0.5) is 0 Å². The summed E-state index contributed by atoms with van der Waals surface area (Å²) in [7, 11) is 0. The summed E-state index contributed by atoms with van der Waals surface area (Å²) >= 11 is 6.86. The van der Waals surface area contributed by atoms with E-state index in [1.165, 1.54) is 0 Å². The molecule has 0 N–H and O–H groups in total. The van der Waals surface area contributed by atoms with Crippen molar-refractivity contribution < 1.29 is 9.53 Å². The lowest BCUT2D eigenvalue weighted by atomic mass is 10.1. The topological polar surface area (TPSA) is 26.3 Å². The van der Waals surface area contributed by atoms with Gasteiger partial charge in [0.2, 0.25) is 0 Å². The molecule has 16 heavy (non-hydrogen) atoms. The summed E-state index contributed by atoms with van der Waals surface area (Å²) in [6.45, 7) is 1.81. The monoisotopic (exact) mass is 556 g/mol. The van der Waals surface area contributed by atoms with Crippen molar-refractivity contribution in [2.45, 2.75) is 18.9 Å². The molecule has 1 aromatic carbocycles. The van der Waals surface area contributed by atoms with E-state index in [9.17, 15) is 4.79 Å². The highest BCUT2D eigenvalue weighted by Gasteiger charge is 2.34. The van der Waals surface area contributed by atoms with E-state index in [0.29, 0.717) is 6.42 Å². The fraction of sp³-hybridized carbons (Fsp3) is 0.364. The fourth-order valence-corrected chi connectivity index (χ4v) is 2.63. The molecule has 1 rings (SSSR count). The third kappa shape index (κ3) is 4.63. The highest BCUT2D eigenvalue weighted by molar-refractivity contribution is 14.3. The number of hydrogen-bond donors (Lipinski definition) is 0. The average Bonchev–Trinajstić information content (AvgIpc) is 2.25. The van der Waals surface area contributed by atoms with Crippen LogP contribution >= 0.6 is 67.8 Å². The second-order valence-electron chi connectivity index (χ2n) is 3.18. The molecule has 0 aliphatic rings. The summed E-state index contributed by atoms with van der Waals surface area (Å²) in [5, 5.41) is 0. The molecule has 0 saturated carbocycles. The Labute approximate surface area is 136 Å². The first kappa shape index (κ1) is 14.9. The summed E-state index contributed by atoms with van der Waals surface area (Å²) in [6, 6.07) is 9.84. The summed E-state index contributed by atoms with van der Waals surface area (Å²) < 4.78 is 5.31. The molecule has 1 aromatic rings. The van der Waals surface area contributed by atoms with Crippen molar-refractivity contribution in [1.29, 1.82) is 0 Å². The predicted octanol–water partition coefficient (Wildman–Crippen LogP) is 4.64. The van der Waals surface area contributed by atoms with Gasteiger partial charge in [-0.1, -0.05) is 105 Å². The van der Waals surface area contributed by atoms with Gasteiger partial charge >= 0.3 is 5.97 Å². The fourth-order valence-electron chi connectivity index (χ4n) is 1.17. The van der Waals surface area contributed by atoms with E-state index in [0.717, 1.165) is 5.56 Å². The minimum atomic E-state index is -0.219. The van der Waals surface area contributed by atoms with Gasteiger partial charge in [0.25, 0.3) is 0 Å². The van der Waals surface area contributed by atoms with Crippen LogP contribution in [0.3, 0.4) is 0 Å². The number of hydrogen-bond acceptors (Lipinski definition) is 2. The van der Waals surface area contributed by atoms with Gasteiger partial charge in [-0.15, -0.1) is 0 Å². The average molecular weight is 556 g/mol. The number of carbonyl (C=O) groups excluding carboxylic acids is 1. The van der Waals surface area contributed by atoms with Crippen LogP contribution in [-0.2, 0) is 9.53 Å². The van der Waals surface area contributed by atoms with Crippen molar-refractivity contribution in [2.75, 3.05) is 0 Å². The van der Waals surface area contributed by atoms with E-state index in [1.54, 1.807) is 6.92 Å². The molecule has 0 amide bonds. The number of halogens is 3. The van der Waals surface area contributed by atoms with Crippen molar-refractivity contribution in [1.82, 2.24) is 0 Å². The summed E-state index contributed by atoms with van der Waals surface area (Å²) in [5.41, 5.74) is 1.03. The predicted molar refractivity (Wildman–Crippen MR) is 90.4 cm³/mol. The van der Waals surface area contributed by atoms with Crippen molar-refractivity contribution in [3.8, 4) is 0 Å². The van der Waals surface area contributed by atoms with Crippen LogP contribution in [0.5, 0.6) is 0 Å². The smallest absolute Gasteiger partial charge is 0.306 e. The van der Waals surface area contributed by atoms with E-state index in [4.69, 9.17) is 4.74 Å². The third-order valence-electron chi connectivity index (χ3n) is 1.94. The van der Waals surface area contributed by atoms with Crippen molar-refractivity contribution in [2.24, 2.45) is 0 Å². The maximum atomic E-state index is 11.4. The highest BCUT2D eigenvalue weighted by Crippen LogP contribution is 2.48. The maximum Gasteiger partial charge on any atom is 0.306 e. The van der Waals surface area contributed by atoms with Crippen LogP contribution in [0.1, 0.15) is 25.0 Å². The van der Waals surface area contributed by atoms with Crippen LogP contribution in [0.25, 0.3) is 0 Å². The molecule has 0 heterocycles. The van der Waals surface area contributed by atoms with Gasteiger partial charge in [-0.25, -0.2) is 0 Å². The van der Waals surface area contributed by atoms with Crippen LogP contribution in [0.15, 0.2) is 30.3 Å². The lowest BCUT2D eigenvalue weighted by molar-refractivity contribution is -0.148. The van der Waals surface area contributed by atoms with Crippen molar-refractivity contribution in [3.05, 3.63) is 35.9 Å². The second kappa shape index (κ2) is 6.72. The maximum absolute atomic E-state index is 11.4. The number of alkyl halides is 3. The van der Waals surface area contributed by atoms with Gasteiger partial charge in [0.1, 0.15) is 0 Å². The minimum absolute atomic E-state index is 0.164. The van der Waals surface area contributed by atoms with Crippen LogP contribution < -0.4 is 0 Å². The van der Waals surface area contributed by atoms with Crippen LogP contribution in [0.2, 0.25) is 0 Å². The molecular weight excluding hydrogens is 545 g/mol. The van der Waals surface area contributed by atoms with Gasteiger partial charge in [0.05, 0.1) is 0 Å². The molecule has 0 aromatic heterocycles. The molecule has 0 fully saturated rings. The van der Waals surface area contributed by atoms with Crippen LogP contribution in [-0.4, -0.2) is 5.40 Å². The zero-order valence-electron chi connectivity index (χ0n) is 8.62. The number of rotatable bonds is 4. The largest absolute Gasteiger partial charge is 0.454 e. The first-order valence-corrected chi connectivity index (χ1v) is 8.00. The molecule has 0 spiro atoms. The molecule has 5 heteroatoms. The molecule has 0 saturated heterocycles. The quantitative estimate of drug-likeness (QED) is 0.307. The Hall–Kier alpha value is 0.880. The van der Waals surface area contributed by atoms with E-state index >= 15 is 0 Å². The van der Waals surface area contributed by atoms with Gasteiger partial charge in [0, 0.05) is 6.42 Å². The third-order valence-corrected chi connectivity index (χ3v) is 3.63. The van der Waals surface area contributed by atoms with Crippen molar-refractivity contribution >= 4 is 73.7 Å². The Morgan fingerprint density at radius 3 is 2.31 bits per heavy atom. The number of carbonyl (C=O) groups is 1. The standard InChI is InChI=1S/C11H11I3O2/c1-2-9(15)16-10(11(12,13)14)8-6-4-3-5-7-8/h3-7,10H,2H2,1H3. The van der Waals surface area contributed by atoms with E-state index < -0.39 is 0 Å². The molecule has 0 bridgehead atoms. The first-order chi connectivity index (χ1) is 7.45. The van der Waals surface area contributed by atoms with E-state index in [2.05, 4.69) is 67.8 Å². The van der Waals surface area contributed by atoms with E-state index in [1.807, 2.05) is 30.3 Å². The van der Waals surface area contributed by atoms with Gasteiger partial charge in [-0.05, 0) is 5.56 Å². The Balaban J connectivity index is 2.93. The van der Waals surface area contributed by atoms with Gasteiger partial charge in [0.15, 0.2) is 5.54 Å². The Morgan fingerprint density at radius 1 is 1.31 bits per heavy atom. The van der Waals surface area contributed by atoms with Gasteiger partial charge in [-0.3, -0.25) is 4.79 Å². The zero-order chi connectivity index (χ0) is 12.2. The summed E-state index contributed by atoms with van der Waals surface area (Å²) in [6.07, 6.45) is 0.187. The number of esters is 1. The molecular formula is C11H11I3O2. The normalized spacial score (nSPS) is 13.2. The van der Waals surface area contributed by atoms with Crippen molar-refractivity contribution in [3.63, 3.8) is 0 Å². The lowest BCUT2D eigenvalue weighted by Crippen LogP contribution is -2.21. The number of ether oxygens (including phenoxy) is 1. The Bertz CT molecular complexity index is 346. The summed E-state index contributed by atoms with van der Waals surface area (Å²) in [4.78, 5) is 11.4. The lowest BCUT2D eigenvalue weighted by Gasteiger charge is -2.26. The number of benzene rings is 1. The highest BCUT2D eigenvalue weighted by atomic mass is 127. The SMILES string of the molecule is CCC(=O)OC(c1ccccc1)C(I)(I)I. The summed E-state index contributed by atoms with van der Waals surface area (Å²) in [5.74, 6) is -0.164. The van der Waals surface area contributed by atoms with E-state index in [-0.39, 0.29) is 11.5 Å². The van der Waals surface area contributed by atoms with Gasteiger partial charge < -0.3 is 4.74 Å². The van der Waals surface area contributed by atoms with Crippen LogP contribution in [0, 0.1) is 0 Å². The molecule has 0 aliphatic carbocycles. The Morgan fingerprint density at radius 2 is 1.88 bits per heavy atom. The first-order valence-electron chi connectivity index (χ1n) is 4.76. The molecule has 1 unspecified atom stereocenters.